The zero-order valence-corrected chi connectivity index (χ0v) is 20.1. The fraction of sp³-hybridized carbons (Fsp3) is 0.300. The van der Waals surface area contributed by atoms with Crippen LogP contribution in [0.1, 0.15) is 59.3 Å². The summed E-state index contributed by atoms with van der Waals surface area (Å²) in [6, 6.07) is 27.2. The number of nitrogens with one attached hydrogen (secondary N) is 2. The van der Waals surface area contributed by atoms with E-state index in [0.717, 1.165) is 46.3 Å². The Labute approximate surface area is 206 Å². The number of H-pyrrole nitrogens is 1. The molecule has 180 valence electrons. The molecule has 2 N–H and O–H groups in total. The van der Waals surface area contributed by atoms with Crippen LogP contribution in [0.4, 0.5) is 0 Å². The van der Waals surface area contributed by atoms with Gasteiger partial charge in [-0.3, -0.25) is 0 Å². The number of carbonyl (C=O) groups excluding carboxylic acids is 1. The van der Waals surface area contributed by atoms with E-state index in [9.17, 15) is 4.79 Å². The Kier molecular flexibility index (Phi) is 7.15. The van der Waals surface area contributed by atoms with Gasteiger partial charge in [-0.15, -0.1) is 0 Å². The van der Waals surface area contributed by atoms with Crippen LogP contribution in [0.2, 0.25) is 0 Å². The number of aromatic amines is 1. The monoisotopic (exact) mass is 468 g/mol. The Bertz CT molecular complexity index is 1260. The Hall–Kier alpha value is -3.57. The van der Waals surface area contributed by atoms with Gasteiger partial charge in [0.1, 0.15) is 11.4 Å². The Morgan fingerprint density at radius 3 is 2.46 bits per heavy atom. The number of esters is 1. The van der Waals surface area contributed by atoms with E-state index in [4.69, 9.17) is 9.47 Å². The second-order valence-corrected chi connectivity index (χ2v) is 9.02. The number of fused-ring (bicyclic) bond motifs is 1. The summed E-state index contributed by atoms with van der Waals surface area (Å²) in [5.41, 5.74) is 4.57. The summed E-state index contributed by atoms with van der Waals surface area (Å²) in [5, 5.41) is 4.54. The number of ether oxygens (including phenoxy) is 2. The maximum atomic E-state index is 13.0. The van der Waals surface area contributed by atoms with Gasteiger partial charge in [-0.05, 0) is 62.1 Å². The largest absolute Gasteiger partial charge is 0.494 e. The van der Waals surface area contributed by atoms with Crippen molar-refractivity contribution in [2.24, 2.45) is 0 Å². The van der Waals surface area contributed by atoms with Gasteiger partial charge in [-0.1, -0.05) is 60.7 Å². The predicted octanol–water partition coefficient (Wildman–Crippen LogP) is 6.05. The second kappa shape index (κ2) is 10.8. The normalized spacial score (nSPS) is 16.3. The lowest BCUT2D eigenvalue weighted by Gasteiger charge is -2.20. The Morgan fingerprint density at radius 2 is 1.71 bits per heavy atom. The van der Waals surface area contributed by atoms with Crippen molar-refractivity contribution in [2.75, 3.05) is 19.8 Å². The van der Waals surface area contributed by atoms with E-state index in [2.05, 4.69) is 40.6 Å². The average molecular weight is 469 g/mol. The summed E-state index contributed by atoms with van der Waals surface area (Å²) in [5.74, 6) is 0.395. The topological polar surface area (TPSA) is 63.4 Å². The number of aromatic nitrogens is 1. The van der Waals surface area contributed by atoms with Crippen molar-refractivity contribution < 1.29 is 14.3 Å². The van der Waals surface area contributed by atoms with Crippen molar-refractivity contribution in [1.82, 2.24) is 10.3 Å². The van der Waals surface area contributed by atoms with Gasteiger partial charge in [0.05, 0.1) is 13.2 Å². The SMILES string of the molecule is CCOC(=O)c1[nH]c2ccccc2c1C(c1ccccc1)c1ccc(OCCC2CCCN2)cc1. The van der Waals surface area contributed by atoms with E-state index >= 15 is 0 Å². The molecule has 0 spiro atoms. The first-order valence-corrected chi connectivity index (χ1v) is 12.5. The van der Waals surface area contributed by atoms with Crippen LogP contribution in [-0.4, -0.2) is 36.8 Å². The van der Waals surface area contributed by atoms with E-state index in [1.807, 2.05) is 55.5 Å². The van der Waals surface area contributed by atoms with Crippen molar-refractivity contribution in [2.45, 2.75) is 38.1 Å². The van der Waals surface area contributed by atoms with Gasteiger partial charge in [0.15, 0.2) is 0 Å². The van der Waals surface area contributed by atoms with Crippen LogP contribution >= 0.6 is 0 Å². The molecule has 0 radical (unpaired) electrons. The molecule has 5 rings (SSSR count). The van der Waals surface area contributed by atoms with Gasteiger partial charge in [0.25, 0.3) is 0 Å². The molecule has 35 heavy (non-hydrogen) atoms. The molecule has 0 amide bonds. The Morgan fingerprint density at radius 1 is 0.971 bits per heavy atom. The molecule has 1 aromatic heterocycles. The smallest absolute Gasteiger partial charge is 0.355 e. The molecular formula is C30H32N2O3. The van der Waals surface area contributed by atoms with Gasteiger partial charge in [-0.25, -0.2) is 4.79 Å². The van der Waals surface area contributed by atoms with E-state index in [1.165, 1.54) is 12.8 Å². The number of hydrogen-bond donors (Lipinski definition) is 2. The summed E-state index contributed by atoms with van der Waals surface area (Å²) in [6.07, 6.45) is 3.50. The number of rotatable bonds is 9. The standard InChI is InChI=1S/C30H32N2O3/c1-2-34-30(33)29-28(25-12-6-7-13-26(25)32-29)27(21-9-4-3-5-10-21)22-14-16-24(17-15-22)35-20-18-23-11-8-19-31-23/h3-7,9-10,12-17,23,27,31-32H,2,8,11,18-20H2,1H3. The third kappa shape index (κ3) is 5.10. The van der Waals surface area contributed by atoms with Crippen LogP contribution < -0.4 is 10.1 Å². The first-order valence-electron chi connectivity index (χ1n) is 12.5. The summed E-state index contributed by atoms with van der Waals surface area (Å²) in [6.45, 7) is 3.97. The van der Waals surface area contributed by atoms with Crippen LogP contribution in [0.15, 0.2) is 78.9 Å². The number of benzene rings is 3. The molecule has 1 fully saturated rings. The molecule has 5 heteroatoms. The van der Waals surface area contributed by atoms with Crippen molar-refractivity contribution >= 4 is 16.9 Å². The van der Waals surface area contributed by atoms with E-state index < -0.39 is 0 Å². The minimum Gasteiger partial charge on any atom is -0.494 e. The highest BCUT2D eigenvalue weighted by Gasteiger charge is 2.28. The Balaban J connectivity index is 1.50. The van der Waals surface area contributed by atoms with E-state index in [0.29, 0.717) is 24.9 Å². The van der Waals surface area contributed by atoms with Gasteiger partial charge in [0, 0.05) is 28.4 Å². The van der Waals surface area contributed by atoms with Gasteiger partial charge >= 0.3 is 5.97 Å². The molecule has 0 bridgehead atoms. The maximum absolute atomic E-state index is 13.0. The molecular weight excluding hydrogens is 436 g/mol. The zero-order chi connectivity index (χ0) is 24.0. The molecule has 5 nitrogen and oxygen atoms in total. The zero-order valence-electron chi connectivity index (χ0n) is 20.1. The van der Waals surface area contributed by atoms with Crippen molar-refractivity contribution in [1.29, 1.82) is 0 Å². The lowest BCUT2D eigenvalue weighted by atomic mass is 9.83. The quantitative estimate of drug-likeness (QED) is 0.294. The summed E-state index contributed by atoms with van der Waals surface area (Å²) in [4.78, 5) is 16.3. The molecule has 1 aliphatic heterocycles. The molecule has 4 aromatic rings. The molecule has 0 saturated carbocycles. The van der Waals surface area contributed by atoms with Crippen LogP contribution in [-0.2, 0) is 4.74 Å². The summed E-state index contributed by atoms with van der Waals surface area (Å²) in [7, 11) is 0. The minimum absolute atomic E-state index is 0.136. The van der Waals surface area contributed by atoms with Crippen molar-refractivity contribution in [3.8, 4) is 5.75 Å². The average Bonchev–Trinajstić information content (AvgIpc) is 3.55. The number of hydrogen-bond acceptors (Lipinski definition) is 4. The maximum Gasteiger partial charge on any atom is 0.355 e. The first kappa shape index (κ1) is 23.2. The predicted molar refractivity (Wildman–Crippen MR) is 139 cm³/mol. The third-order valence-electron chi connectivity index (χ3n) is 6.76. The molecule has 2 atom stereocenters. The van der Waals surface area contributed by atoms with Crippen molar-refractivity contribution in [3.63, 3.8) is 0 Å². The first-order chi connectivity index (χ1) is 17.2. The lowest BCUT2D eigenvalue weighted by Crippen LogP contribution is -2.23. The number of para-hydroxylation sites is 1. The van der Waals surface area contributed by atoms with Crippen LogP contribution in [0.25, 0.3) is 10.9 Å². The van der Waals surface area contributed by atoms with Gasteiger partial charge in [-0.2, -0.15) is 0 Å². The highest BCUT2D eigenvalue weighted by Crippen LogP contribution is 2.39. The van der Waals surface area contributed by atoms with Crippen LogP contribution in [0, 0.1) is 0 Å². The van der Waals surface area contributed by atoms with Crippen LogP contribution in [0.5, 0.6) is 5.75 Å². The second-order valence-electron chi connectivity index (χ2n) is 9.02. The fourth-order valence-corrected chi connectivity index (χ4v) is 5.08. The van der Waals surface area contributed by atoms with Crippen LogP contribution in [0.3, 0.4) is 0 Å². The van der Waals surface area contributed by atoms with Crippen molar-refractivity contribution in [3.05, 3.63) is 101 Å². The summed E-state index contributed by atoms with van der Waals surface area (Å²) >= 11 is 0. The minimum atomic E-state index is -0.333. The molecule has 0 aliphatic carbocycles. The summed E-state index contributed by atoms with van der Waals surface area (Å²) < 4.78 is 11.5. The molecule has 3 aromatic carbocycles. The highest BCUT2D eigenvalue weighted by atomic mass is 16.5. The molecule has 2 heterocycles. The van der Waals surface area contributed by atoms with E-state index in [-0.39, 0.29) is 11.9 Å². The number of carbonyl (C=O) groups is 1. The lowest BCUT2D eigenvalue weighted by molar-refractivity contribution is 0.0519. The highest BCUT2D eigenvalue weighted by molar-refractivity contribution is 5.99. The molecule has 1 saturated heterocycles. The molecule has 1 aliphatic rings. The third-order valence-corrected chi connectivity index (χ3v) is 6.76. The molecule has 2 unspecified atom stereocenters. The fourth-order valence-electron chi connectivity index (χ4n) is 5.08. The van der Waals surface area contributed by atoms with Gasteiger partial charge in [0.2, 0.25) is 0 Å². The van der Waals surface area contributed by atoms with E-state index in [1.54, 1.807) is 0 Å². The van der Waals surface area contributed by atoms with Gasteiger partial charge < -0.3 is 19.8 Å².